The Morgan fingerprint density at radius 1 is 0.977 bits per heavy atom. The number of nitrogens with zero attached hydrogens (tertiary/aromatic N) is 6. The summed E-state index contributed by atoms with van der Waals surface area (Å²) in [6, 6.07) is 8.24. The smallest absolute Gasteiger partial charge is 0.229 e. The number of halogens is 1. The van der Waals surface area contributed by atoms with Gasteiger partial charge in [0.05, 0.1) is 33.8 Å². The van der Waals surface area contributed by atoms with Gasteiger partial charge in [0.1, 0.15) is 36.1 Å². The minimum absolute atomic E-state index is 0.206. The van der Waals surface area contributed by atoms with Crippen molar-refractivity contribution in [2.75, 3.05) is 64.3 Å². The van der Waals surface area contributed by atoms with Crippen LogP contribution in [-0.4, -0.2) is 95.5 Å². The quantitative estimate of drug-likeness (QED) is 0.222. The maximum absolute atomic E-state index is 13.4. The number of aromatic nitrogens is 4. The van der Waals surface area contributed by atoms with Crippen LogP contribution in [0.1, 0.15) is 18.4 Å². The molecule has 3 heterocycles. The molecule has 2 fully saturated rings. The number of rotatable bonds is 9. The summed E-state index contributed by atoms with van der Waals surface area (Å²) in [4.78, 5) is 23.0. The van der Waals surface area contributed by atoms with E-state index >= 15 is 0 Å². The van der Waals surface area contributed by atoms with E-state index in [-0.39, 0.29) is 6.10 Å². The Kier molecular flexibility index (Phi) is 8.79. The third-order valence-corrected chi connectivity index (χ3v) is 10.4. The van der Waals surface area contributed by atoms with Gasteiger partial charge in [0.15, 0.2) is 0 Å². The van der Waals surface area contributed by atoms with E-state index in [0.717, 1.165) is 56.0 Å². The molecule has 2 aromatic heterocycles. The third-order valence-electron chi connectivity index (χ3n) is 8.31. The second kappa shape index (κ2) is 12.6. The molecule has 0 amide bonds. The van der Waals surface area contributed by atoms with Gasteiger partial charge in [-0.05, 0) is 67.0 Å². The van der Waals surface area contributed by atoms with Gasteiger partial charge in [0.25, 0.3) is 0 Å². The standard InChI is InChI=1S/C31H38BrN8O3P/c1-19-14-25(27(42-3)17-26(19)43-21-15-20(16-21)40-12-10-39(2)11-13-40)37-31-35-18-22(32)30(38-31)36-24-7-6-23-28(34-9-8-33-23)29(24)44(4,5)41/h6-9,14,17-18,20-21H,10-13,15-16H2,1-5H3,(H2,35,36,37,38)/t20-,21-. The first-order valence-corrected chi connectivity index (χ1v) is 18.1. The largest absolute Gasteiger partial charge is 0.494 e. The number of likely N-dealkylation sites (N-methyl/N-ethyl adjacent to an activating group) is 1. The average Bonchev–Trinajstić information content (AvgIpc) is 2.97. The highest BCUT2D eigenvalue weighted by Crippen LogP contribution is 2.42. The van der Waals surface area contributed by atoms with Crippen molar-refractivity contribution in [1.82, 2.24) is 29.7 Å². The van der Waals surface area contributed by atoms with Crippen LogP contribution in [0.15, 0.2) is 47.3 Å². The van der Waals surface area contributed by atoms with Gasteiger partial charge in [-0.25, -0.2) is 4.98 Å². The summed E-state index contributed by atoms with van der Waals surface area (Å²) in [6.45, 7) is 10.0. The lowest BCUT2D eigenvalue weighted by atomic mass is 9.87. The molecule has 13 heteroatoms. The maximum Gasteiger partial charge on any atom is 0.229 e. The van der Waals surface area contributed by atoms with Crippen LogP contribution in [0.5, 0.6) is 11.5 Å². The summed E-state index contributed by atoms with van der Waals surface area (Å²) < 4.78 is 26.2. The number of piperazine rings is 1. The average molecular weight is 682 g/mol. The lowest BCUT2D eigenvalue weighted by Crippen LogP contribution is -2.55. The van der Waals surface area contributed by atoms with Crippen LogP contribution in [0, 0.1) is 6.92 Å². The molecule has 0 spiro atoms. The van der Waals surface area contributed by atoms with Crippen LogP contribution in [-0.2, 0) is 4.57 Å². The SMILES string of the molecule is COc1cc(O[C@H]2C[C@H](N3CCN(C)CC3)C2)c(C)cc1Nc1ncc(Br)c(Nc2ccc3nccnc3c2P(C)(C)=O)n1. The highest BCUT2D eigenvalue weighted by Gasteiger charge is 2.36. The lowest BCUT2D eigenvalue weighted by molar-refractivity contribution is -0.00226. The predicted molar refractivity (Wildman–Crippen MR) is 179 cm³/mol. The number of ether oxygens (including phenoxy) is 2. The lowest BCUT2D eigenvalue weighted by Gasteiger charge is -2.45. The van der Waals surface area contributed by atoms with E-state index in [4.69, 9.17) is 14.5 Å². The fourth-order valence-electron chi connectivity index (χ4n) is 5.79. The number of aryl methyl sites for hydroxylation is 1. The van der Waals surface area contributed by atoms with Crippen molar-refractivity contribution in [1.29, 1.82) is 0 Å². The van der Waals surface area contributed by atoms with Crippen molar-refractivity contribution >= 4 is 62.6 Å². The second-order valence-corrected chi connectivity index (χ2v) is 15.9. The zero-order chi connectivity index (χ0) is 31.0. The molecular weight excluding hydrogens is 643 g/mol. The van der Waals surface area contributed by atoms with Crippen molar-refractivity contribution in [2.24, 2.45) is 0 Å². The minimum Gasteiger partial charge on any atom is -0.494 e. The van der Waals surface area contributed by atoms with Gasteiger partial charge >= 0.3 is 0 Å². The second-order valence-electron chi connectivity index (χ2n) is 11.9. The van der Waals surface area contributed by atoms with Gasteiger partial charge < -0.3 is 29.6 Å². The molecule has 0 radical (unpaired) electrons. The van der Waals surface area contributed by atoms with E-state index in [1.807, 2.05) is 31.2 Å². The summed E-state index contributed by atoms with van der Waals surface area (Å²) in [6.07, 6.45) is 7.20. The van der Waals surface area contributed by atoms with E-state index in [1.54, 1.807) is 39.0 Å². The number of hydrogen-bond donors (Lipinski definition) is 2. The number of benzene rings is 2. The minimum atomic E-state index is -2.73. The molecule has 0 unspecified atom stereocenters. The molecule has 2 aliphatic rings. The van der Waals surface area contributed by atoms with Crippen LogP contribution in [0.25, 0.3) is 11.0 Å². The van der Waals surface area contributed by atoms with E-state index < -0.39 is 7.14 Å². The molecule has 1 aliphatic carbocycles. The predicted octanol–water partition coefficient (Wildman–Crippen LogP) is 5.39. The summed E-state index contributed by atoms with van der Waals surface area (Å²) in [5.41, 5.74) is 3.66. The molecule has 11 nitrogen and oxygen atoms in total. The molecular formula is C31H38BrN8O3P. The summed E-state index contributed by atoms with van der Waals surface area (Å²) in [5, 5.41) is 7.27. The Morgan fingerprint density at radius 3 is 2.45 bits per heavy atom. The molecule has 44 heavy (non-hydrogen) atoms. The monoisotopic (exact) mass is 680 g/mol. The molecule has 4 aromatic rings. The van der Waals surface area contributed by atoms with Gasteiger partial charge in [-0.3, -0.25) is 14.9 Å². The van der Waals surface area contributed by atoms with Crippen molar-refractivity contribution < 1.29 is 14.0 Å². The zero-order valence-corrected chi connectivity index (χ0v) is 28.2. The van der Waals surface area contributed by atoms with Crippen LogP contribution < -0.4 is 25.4 Å². The van der Waals surface area contributed by atoms with Gasteiger partial charge in [0.2, 0.25) is 5.95 Å². The van der Waals surface area contributed by atoms with Gasteiger partial charge in [-0.1, -0.05) is 0 Å². The normalized spacial score (nSPS) is 19.4. The van der Waals surface area contributed by atoms with Crippen LogP contribution in [0.2, 0.25) is 0 Å². The van der Waals surface area contributed by atoms with Gasteiger partial charge in [-0.2, -0.15) is 4.98 Å². The molecule has 0 atom stereocenters. The highest BCUT2D eigenvalue weighted by atomic mass is 79.9. The van der Waals surface area contributed by atoms with E-state index in [1.165, 1.54) is 0 Å². The number of nitrogens with one attached hydrogen (secondary N) is 2. The Morgan fingerprint density at radius 2 is 1.73 bits per heavy atom. The molecule has 6 rings (SSSR count). The first-order valence-electron chi connectivity index (χ1n) is 14.7. The summed E-state index contributed by atoms with van der Waals surface area (Å²) >= 11 is 3.56. The molecule has 2 aromatic carbocycles. The van der Waals surface area contributed by atoms with Crippen LogP contribution >= 0.6 is 23.1 Å². The Balaban J connectivity index is 1.18. The van der Waals surface area contributed by atoms with Gasteiger partial charge in [-0.15, -0.1) is 0 Å². The number of hydrogen-bond acceptors (Lipinski definition) is 11. The molecule has 232 valence electrons. The van der Waals surface area contributed by atoms with Crippen LogP contribution in [0.4, 0.5) is 23.1 Å². The first-order chi connectivity index (χ1) is 21.1. The van der Waals surface area contributed by atoms with Crippen molar-refractivity contribution in [2.45, 2.75) is 31.9 Å². The molecule has 1 aliphatic heterocycles. The van der Waals surface area contributed by atoms with Crippen molar-refractivity contribution in [3.05, 3.63) is 52.9 Å². The van der Waals surface area contributed by atoms with E-state index in [2.05, 4.69) is 58.4 Å². The topological polar surface area (TPSA) is 118 Å². The maximum atomic E-state index is 13.4. The number of fused-ring (bicyclic) bond motifs is 1. The Bertz CT molecular complexity index is 1720. The molecule has 0 bridgehead atoms. The van der Waals surface area contributed by atoms with E-state index in [0.29, 0.717) is 50.1 Å². The third kappa shape index (κ3) is 6.54. The number of methoxy groups -OCH3 is 1. The van der Waals surface area contributed by atoms with Crippen molar-refractivity contribution in [3.63, 3.8) is 0 Å². The van der Waals surface area contributed by atoms with Crippen LogP contribution in [0.3, 0.4) is 0 Å². The van der Waals surface area contributed by atoms with E-state index in [9.17, 15) is 4.57 Å². The summed E-state index contributed by atoms with van der Waals surface area (Å²) in [7, 11) is 1.09. The van der Waals surface area contributed by atoms with Crippen molar-refractivity contribution in [3.8, 4) is 11.5 Å². The molecule has 2 N–H and O–H groups in total. The highest BCUT2D eigenvalue weighted by molar-refractivity contribution is 9.10. The molecule has 1 saturated carbocycles. The number of anilines is 4. The Labute approximate surface area is 266 Å². The fourth-order valence-corrected chi connectivity index (χ4v) is 7.48. The molecule has 1 saturated heterocycles. The van der Waals surface area contributed by atoms with Gasteiger partial charge in [0, 0.05) is 69.7 Å². The Hall–Kier alpha value is -3.31. The zero-order valence-electron chi connectivity index (χ0n) is 25.7. The fraction of sp³-hybridized carbons (Fsp3) is 0.419. The first kappa shape index (κ1) is 30.7. The summed E-state index contributed by atoms with van der Waals surface area (Å²) in [5.74, 6) is 2.34.